The van der Waals surface area contributed by atoms with Crippen LogP contribution in [0.1, 0.15) is 17.0 Å². The van der Waals surface area contributed by atoms with Crippen LogP contribution in [0.25, 0.3) is 0 Å². The van der Waals surface area contributed by atoms with Gasteiger partial charge in [0.05, 0.1) is 6.42 Å². The second kappa shape index (κ2) is 5.57. The van der Waals surface area contributed by atoms with Crippen molar-refractivity contribution in [3.8, 4) is 0 Å². The first kappa shape index (κ1) is 13.8. The lowest BCUT2D eigenvalue weighted by Gasteiger charge is -2.16. The molecule has 2 aromatic rings. The number of anilines is 1. The van der Waals surface area contributed by atoms with E-state index < -0.39 is 0 Å². The number of rotatable bonds is 3. The second-order valence-corrected chi connectivity index (χ2v) is 5.35. The van der Waals surface area contributed by atoms with E-state index in [2.05, 4.69) is 21.1 Å². The summed E-state index contributed by atoms with van der Waals surface area (Å²) in [6.45, 7) is 3.63. The molecule has 100 valence electrons. The lowest BCUT2D eigenvalue weighted by atomic mass is 10.1. The van der Waals surface area contributed by atoms with Gasteiger partial charge in [0.2, 0.25) is 5.91 Å². The van der Waals surface area contributed by atoms with Crippen LogP contribution >= 0.6 is 15.9 Å². The zero-order chi connectivity index (χ0) is 14.0. The summed E-state index contributed by atoms with van der Waals surface area (Å²) in [6.07, 6.45) is 0.347. The van der Waals surface area contributed by atoms with Crippen LogP contribution in [-0.4, -0.2) is 18.1 Å². The van der Waals surface area contributed by atoms with Gasteiger partial charge in [-0.3, -0.25) is 4.79 Å². The van der Waals surface area contributed by atoms with Crippen LogP contribution in [0.2, 0.25) is 0 Å². The van der Waals surface area contributed by atoms with Gasteiger partial charge in [0, 0.05) is 11.5 Å². The zero-order valence-electron chi connectivity index (χ0n) is 11.1. The molecule has 0 aliphatic carbocycles. The minimum Gasteiger partial charge on any atom is -0.359 e. The van der Waals surface area contributed by atoms with Crippen LogP contribution in [0.15, 0.2) is 33.3 Å². The molecule has 0 spiro atoms. The molecular weight excluding hydrogens is 308 g/mol. The number of aryl methyl sites for hydroxylation is 2. The Balaban J connectivity index is 2.16. The van der Waals surface area contributed by atoms with Gasteiger partial charge in [0.1, 0.15) is 11.4 Å². The molecule has 0 aliphatic heterocycles. The van der Waals surface area contributed by atoms with Gasteiger partial charge < -0.3 is 9.42 Å². The highest BCUT2D eigenvalue weighted by Gasteiger charge is 2.19. The number of halogens is 1. The number of carbonyl (C=O) groups excluding carboxylic acids is 1. The van der Waals surface area contributed by atoms with Crippen molar-refractivity contribution in [3.05, 3.63) is 45.8 Å². The van der Waals surface area contributed by atoms with Crippen molar-refractivity contribution in [2.75, 3.05) is 11.9 Å². The molecule has 0 atom stereocenters. The quantitative estimate of drug-likeness (QED) is 0.871. The molecule has 5 heteroatoms. The van der Waals surface area contributed by atoms with E-state index in [0.29, 0.717) is 12.2 Å². The predicted octanol–water partition coefficient (Wildman–Crippen LogP) is 3.26. The third-order valence-corrected chi connectivity index (χ3v) is 3.44. The Labute approximate surface area is 120 Å². The molecule has 0 N–H and O–H groups in total. The van der Waals surface area contributed by atoms with Crippen LogP contribution in [0, 0.1) is 13.8 Å². The lowest BCUT2D eigenvalue weighted by molar-refractivity contribution is -0.117. The highest BCUT2D eigenvalue weighted by atomic mass is 79.9. The zero-order valence-corrected chi connectivity index (χ0v) is 12.7. The molecule has 1 heterocycles. The molecule has 1 aromatic carbocycles. The normalized spacial score (nSPS) is 10.5. The minimum absolute atomic E-state index is 0.00694. The fraction of sp³-hybridized carbons (Fsp3) is 0.286. The highest BCUT2D eigenvalue weighted by Crippen LogP contribution is 2.23. The maximum absolute atomic E-state index is 12.3. The topological polar surface area (TPSA) is 46.3 Å². The molecule has 1 amide bonds. The van der Waals surface area contributed by atoms with Crippen molar-refractivity contribution < 1.29 is 9.32 Å². The van der Waals surface area contributed by atoms with Gasteiger partial charge in [0.25, 0.3) is 0 Å². The number of amides is 1. The molecule has 0 saturated carbocycles. The minimum atomic E-state index is 0.00694. The molecule has 2 rings (SSSR count). The van der Waals surface area contributed by atoms with Gasteiger partial charge >= 0.3 is 0 Å². The van der Waals surface area contributed by atoms with Gasteiger partial charge in [-0.15, -0.1) is 0 Å². The summed E-state index contributed by atoms with van der Waals surface area (Å²) < 4.78 is 6.05. The summed E-state index contributed by atoms with van der Waals surface area (Å²) in [5.74, 6) is 0.662. The largest absolute Gasteiger partial charge is 0.359 e. The van der Waals surface area contributed by atoms with E-state index in [4.69, 9.17) is 4.52 Å². The van der Waals surface area contributed by atoms with Crippen molar-refractivity contribution in [3.63, 3.8) is 0 Å². The van der Waals surface area contributed by atoms with Crippen LogP contribution in [-0.2, 0) is 11.2 Å². The number of hydrogen-bond acceptors (Lipinski definition) is 3. The Bertz CT molecular complexity index is 588. The van der Waals surface area contributed by atoms with Crippen molar-refractivity contribution >= 4 is 27.5 Å². The van der Waals surface area contributed by atoms with Gasteiger partial charge in [-0.1, -0.05) is 33.2 Å². The summed E-state index contributed by atoms with van der Waals surface area (Å²) in [5, 5.41) is 3.86. The average Bonchev–Trinajstić information content (AvgIpc) is 2.68. The lowest BCUT2D eigenvalue weighted by Crippen LogP contribution is -2.28. The van der Waals surface area contributed by atoms with Crippen molar-refractivity contribution in [2.24, 2.45) is 0 Å². The van der Waals surface area contributed by atoms with Crippen LogP contribution in [0.5, 0.6) is 0 Å². The first-order valence-electron chi connectivity index (χ1n) is 5.93. The summed E-state index contributed by atoms with van der Waals surface area (Å²) in [7, 11) is 1.74. The maximum atomic E-state index is 12.3. The van der Waals surface area contributed by atoms with E-state index in [1.54, 1.807) is 18.9 Å². The summed E-state index contributed by atoms with van der Waals surface area (Å²) >= 11 is 3.40. The van der Waals surface area contributed by atoms with E-state index in [1.807, 2.05) is 31.2 Å². The molecule has 4 nitrogen and oxygen atoms in total. The second-order valence-electron chi connectivity index (χ2n) is 4.43. The Hall–Kier alpha value is -1.62. The molecule has 0 saturated heterocycles. The number of hydrogen-bond donors (Lipinski definition) is 0. The molecule has 0 radical (unpaired) electrons. The maximum Gasteiger partial charge on any atom is 0.231 e. The number of likely N-dealkylation sites (N-methyl/N-ethyl adjacent to an activating group) is 1. The molecule has 0 aliphatic rings. The van der Waals surface area contributed by atoms with Gasteiger partial charge in [-0.05, 0) is 31.5 Å². The van der Waals surface area contributed by atoms with Crippen molar-refractivity contribution in [1.29, 1.82) is 0 Å². The third kappa shape index (κ3) is 3.04. The average molecular weight is 323 g/mol. The van der Waals surface area contributed by atoms with E-state index in [1.165, 1.54) is 0 Å². The van der Waals surface area contributed by atoms with Gasteiger partial charge in [-0.25, -0.2) is 0 Å². The fourth-order valence-electron chi connectivity index (χ4n) is 2.02. The first-order chi connectivity index (χ1) is 8.99. The number of aromatic nitrogens is 1. The van der Waals surface area contributed by atoms with Gasteiger partial charge in [-0.2, -0.15) is 0 Å². The van der Waals surface area contributed by atoms with E-state index in [-0.39, 0.29) is 5.91 Å². The monoisotopic (exact) mass is 322 g/mol. The van der Waals surface area contributed by atoms with E-state index in [9.17, 15) is 4.79 Å². The molecule has 0 unspecified atom stereocenters. The summed E-state index contributed by atoms with van der Waals surface area (Å²) in [5.41, 5.74) is 2.44. The third-order valence-electron chi connectivity index (χ3n) is 2.95. The first-order valence-corrected chi connectivity index (χ1v) is 6.72. The molecule has 19 heavy (non-hydrogen) atoms. The smallest absolute Gasteiger partial charge is 0.231 e. The SMILES string of the molecule is Cc1noc(C)c1N(C)C(=O)Cc1cccc(Br)c1. The standard InChI is InChI=1S/C14H15BrN2O2/c1-9-14(10(2)19-16-9)17(3)13(18)8-11-5-4-6-12(15)7-11/h4-7H,8H2,1-3H3. The van der Waals surface area contributed by atoms with Crippen molar-refractivity contribution in [1.82, 2.24) is 5.16 Å². The predicted molar refractivity (Wildman–Crippen MR) is 77.2 cm³/mol. The van der Waals surface area contributed by atoms with Crippen molar-refractivity contribution in [2.45, 2.75) is 20.3 Å². The molecular formula is C14H15BrN2O2. The van der Waals surface area contributed by atoms with Crippen LogP contribution < -0.4 is 4.90 Å². The Morgan fingerprint density at radius 2 is 2.16 bits per heavy atom. The highest BCUT2D eigenvalue weighted by molar-refractivity contribution is 9.10. The number of nitrogens with zero attached hydrogens (tertiary/aromatic N) is 2. The van der Waals surface area contributed by atoms with Crippen LogP contribution in [0.3, 0.4) is 0 Å². The summed E-state index contributed by atoms with van der Waals surface area (Å²) in [6, 6.07) is 7.73. The Morgan fingerprint density at radius 1 is 1.42 bits per heavy atom. The van der Waals surface area contributed by atoms with Gasteiger partial charge in [0.15, 0.2) is 5.76 Å². The molecule has 0 fully saturated rings. The molecule has 1 aromatic heterocycles. The summed E-state index contributed by atoms with van der Waals surface area (Å²) in [4.78, 5) is 13.9. The number of carbonyl (C=O) groups is 1. The number of benzene rings is 1. The van der Waals surface area contributed by atoms with Crippen LogP contribution in [0.4, 0.5) is 5.69 Å². The Kier molecular flexibility index (Phi) is 4.04. The molecule has 0 bridgehead atoms. The van der Waals surface area contributed by atoms with E-state index >= 15 is 0 Å². The fourth-order valence-corrected chi connectivity index (χ4v) is 2.47. The Morgan fingerprint density at radius 3 is 2.74 bits per heavy atom. The van der Waals surface area contributed by atoms with E-state index in [0.717, 1.165) is 21.4 Å².